The molecule has 0 amide bonds. The van der Waals surface area contributed by atoms with Gasteiger partial charge in [0.1, 0.15) is 0 Å². The number of H-pyrrole nitrogens is 1. The SMILES string of the molecule is COC1(CNS(=O)(=O)c2c[nH]c(CO)c2)CCC1. The Morgan fingerprint density at radius 3 is 2.72 bits per heavy atom. The molecule has 7 heteroatoms. The minimum absolute atomic E-state index is 0.136. The lowest BCUT2D eigenvalue weighted by atomic mass is 9.80. The molecule has 3 N–H and O–H groups in total. The van der Waals surface area contributed by atoms with Gasteiger partial charge in [0, 0.05) is 25.5 Å². The molecule has 1 aromatic heterocycles. The number of aromatic nitrogens is 1. The van der Waals surface area contributed by atoms with Gasteiger partial charge in [-0.3, -0.25) is 0 Å². The fourth-order valence-corrected chi connectivity index (χ4v) is 3.13. The van der Waals surface area contributed by atoms with Gasteiger partial charge in [-0.05, 0) is 25.3 Å². The van der Waals surface area contributed by atoms with E-state index >= 15 is 0 Å². The van der Waals surface area contributed by atoms with Crippen molar-refractivity contribution >= 4 is 10.0 Å². The Morgan fingerprint density at radius 1 is 1.56 bits per heavy atom. The highest BCUT2D eigenvalue weighted by molar-refractivity contribution is 7.89. The maximum absolute atomic E-state index is 12.0. The van der Waals surface area contributed by atoms with Gasteiger partial charge in [0.25, 0.3) is 0 Å². The molecule has 0 bridgehead atoms. The number of rotatable bonds is 6. The lowest BCUT2D eigenvalue weighted by Crippen LogP contribution is -2.49. The van der Waals surface area contributed by atoms with Gasteiger partial charge < -0.3 is 14.8 Å². The van der Waals surface area contributed by atoms with Crippen molar-refractivity contribution < 1.29 is 18.3 Å². The van der Waals surface area contributed by atoms with Crippen molar-refractivity contribution in [1.29, 1.82) is 0 Å². The predicted molar refractivity (Wildman–Crippen MR) is 65.5 cm³/mol. The number of nitrogens with one attached hydrogen (secondary N) is 2. The lowest BCUT2D eigenvalue weighted by molar-refractivity contribution is -0.0659. The third-order valence-electron chi connectivity index (χ3n) is 3.48. The molecular formula is C11H18N2O4S. The van der Waals surface area contributed by atoms with Crippen LogP contribution in [0.5, 0.6) is 0 Å². The molecule has 1 aliphatic rings. The minimum Gasteiger partial charge on any atom is -0.390 e. The molecule has 1 aromatic rings. The highest BCUT2D eigenvalue weighted by Crippen LogP contribution is 2.34. The zero-order valence-electron chi connectivity index (χ0n) is 10.3. The van der Waals surface area contributed by atoms with Crippen LogP contribution in [0.15, 0.2) is 17.2 Å². The summed E-state index contributed by atoms with van der Waals surface area (Å²) in [4.78, 5) is 2.84. The van der Waals surface area contributed by atoms with E-state index in [0.29, 0.717) is 5.69 Å². The molecule has 0 spiro atoms. The molecule has 1 heterocycles. The van der Waals surface area contributed by atoms with Crippen molar-refractivity contribution in [2.75, 3.05) is 13.7 Å². The van der Waals surface area contributed by atoms with Crippen molar-refractivity contribution in [2.24, 2.45) is 0 Å². The van der Waals surface area contributed by atoms with E-state index in [1.54, 1.807) is 7.11 Å². The fourth-order valence-electron chi connectivity index (χ4n) is 2.00. The summed E-state index contributed by atoms with van der Waals surface area (Å²) in [6, 6.07) is 1.42. The molecule has 2 rings (SSSR count). The fraction of sp³-hybridized carbons (Fsp3) is 0.636. The van der Waals surface area contributed by atoms with E-state index in [9.17, 15) is 8.42 Å². The van der Waals surface area contributed by atoms with Crippen LogP contribution in [-0.2, 0) is 21.4 Å². The Labute approximate surface area is 106 Å². The normalized spacial score (nSPS) is 18.6. The van der Waals surface area contributed by atoms with Gasteiger partial charge in [-0.15, -0.1) is 0 Å². The van der Waals surface area contributed by atoms with Crippen LogP contribution < -0.4 is 4.72 Å². The average Bonchev–Trinajstić information content (AvgIpc) is 2.77. The maximum Gasteiger partial charge on any atom is 0.242 e. The van der Waals surface area contributed by atoms with Crippen LogP contribution >= 0.6 is 0 Å². The second-order valence-electron chi connectivity index (χ2n) is 4.58. The number of hydrogen-bond donors (Lipinski definition) is 3. The van der Waals surface area contributed by atoms with E-state index < -0.39 is 10.0 Å². The zero-order chi connectivity index (χ0) is 13.2. The number of aliphatic hydroxyl groups excluding tert-OH is 1. The Bertz CT molecular complexity index is 499. The van der Waals surface area contributed by atoms with Crippen molar-refractivity contribution in [1.82, 2.24) is 9.71 Å². The lowest BCUT2D eigenvalue weighted by Gasteiger charge is -2.40. The predicted octanol–water partition coefficient (Wildman–Crippen LogP) is 0.354. The van der Waals surface area contributed by atoms with Gasteiger partial charge in [0.15, 0.2) is 0 Å². The molecule has 6 nitrogen and oxygen atoms in total. The second kappa shape index (κ2) is 5.00. The Balaban J connectivity index is 2.03. The van der Waals surface area contributed by atoms with E-state index in [2.05, 4.69) is 9.71 Å². The van der Waals surface area contributed by atoms with E-state index in [-0.39, 0.29) is 23.6 Å². The van der Waals surface area contributed by atoms with Gasteiger partial charge in [0.05, 0.1) is 17.1 Å². The number of aliphatic hydroxyl groups is 1. The summed E-state index contributed by atoms with van der Waals surface area (Å²) in [5.74, 6) is 0. The summed E-state index contributed by atoms with van der Waals surface area (Å²) in [5.41, 5.74) is 0.129. The molecule has 0 saturated heterocycles. The molecule has 0 aromatic carbocycles. The first-order chi connectivity index (χ1) is 8.51. The Kier molecular flexibility index (Phi) is 3.76. The highest BCUT2D eigenvalue weighted by atomic mass is 32.2. The van der Waals surface area contributed by atoms with Gasteiger partial charge in [-0.1, -0.05) is 0 Å². The standard InChI is InChI=1S/C11H18N2O4S/c1-17-11(3-2-4-11)8-13-18(15,16)10-5-9(7-14)12-6-10/h5-6,12-14H,2-4,7-8H2,1H3. The number of sulfonamides is 1. The smallest absolute Gasteiger partial charge is 0.242 e. The number of methoxy groups -OCH3 is 1. The third kappa shape index (κ3) is 2.59. The molecule has 0 atom stereocenters. The van der Waals surface area contributed by atoms with E-state index in [1.165, 1.54) is 12.3 Å². The van der Waals surface area contributed by atoms with Crippen LogP contribution in [0.1, 0.15) is 25.0 Å². The quantitative estimate of drug-likeness (QED) is 0.698. The van der Waals surface area contributed by atoms with E-state index in [4.69, 9.17) is 9.84 Å². The summed E-state index contributed by atoms with van der Waals surface area (Å²) < 4.78 is 31.9. The van der Waals surface area contributed by atoms with Gasteiger partial charge in [-0.25, -0.2) is 13.1 Å². The second-order valence-corrected chi connectivity index (χ2v) is 6.35. The monoisotopic (exact) mass is 274 g/mol. The van der Waals surface area contributed by atoms with Gasteiger partial charge in [-0.2, -0.15) is 0 Å². The first-order valence-corrected chi connectivity index (χ1v) is 7.33. The van der Waals surface area contributed by atoms with Crippen molar-refractivity contribution in [2.45, 2.75) is 36.4 Å². The largest absolute Gasteiger partial charge is 0.390 e. The van der Waals surface area contributed by atoms with Crippen LogP contribution in [0.2, 0.25) is 0 Å². The van der Waals surface area contributed by atoms with Gasteiger partial charge in [0.2, 0.25) is 10.0 Å². The van der Waals surface area contributed by atoms with Crippen LogP contribution in [0.3, 0.4) is 0 Å². The molecule has 0 aliphatic heterocycles. The molecule has 1 fully saturated rings. The minimum atomic E-state index is -3.54. The van der Waals surface area contributed by atoms with E-state index in [1.807, 2.05) is 0 Å². The third-order valence-corrected chi connectivity index (χ3v) is 4.86. The zero-order valence-corrected chi connectivity index (χ0v) is 11.1. The summed E-state index contributed by atoms with van der Waals surface area (Å²) in [7, 11) is -1.94. The van der Waals surface area contributed by atoms with Crippen LogP contribution in [0.25, 0.3) is 0 Å². The molecule has 18 heavy (non-hydrogen) atoms. The van der Waals surface area contributed by atoms with Crippen LogP contribution in [0, 0.1) is 0 Å². The highest BCUT2D eigenvalue weighted by Gasteiger charge is 2.38. The Hall–Kier alpha value is -0.890. The summed E-state index contributed by atoms with van der Waals surface area (Å²) >= 11 is 0. The van der Waals surface area contributed by atoms with Crippen molar-refractivity contribution in [3.63, 3.8) is 0 Å². The summed E-state index contributed by atoms with van der Waals surface area (Å²) in [5, 5.41) is 8.89. The molecule has 0 radical (unpaired) electrons. The average molecular weight is 274 g/mol. The Morgan fingerprint density at radius 2 is 2.28 bits per heavy atom. The van der Waals surface area contributed by atoms with E-state index in [0.717, 1.165) is 19.3 Å². The molecule has 102 valence electrons. The van der Waals surface area contributed by atoms with Crippen molar-refractivity contribution in [3.05, 3.63) is 18.0 Å². The summed E-state index contributed by atoms with van der Waals surface area (Å²) in [6.45, 7) is 0.0724. The van der Waals surface area contributed by atoms with Crippen molar-refractivity contribution in [3.8, 4) is 0 Å². The molecule has 1 saturated carbocycles. The molecular weight excluding hydrogens is 256 g/mol. The molecule has 1 aliphatic carbocycles. The number of ether oxygens (including phenoxy) is 1. The topological polar surface area (TPSA) is 91.4 Å². The maximum atomic E-state index is 12.0. The summed E-state index contributed by atoms with van der Waals surface area (Å²) in [6.07, 6.45) is 4.19. The number of hydrogen-bond acceptors (Lipinski definition) is 4. The van der Waals surface area contributed by atoms with Gasteiger partial charge >= 0.3 is 0 Å². The van der Waals surface area contributed by atoms with Crippen LogP contribution in [-0.4, -0.2) is 37.8 Å². The number of aromatic amines is 1. The van der Waals surface area contributed by atoms with Crippen LogP contribution in [0.4, 0.5) is 0 Å². The molecule has 0 unspecified atom stereocenters. The first kappa shape index (κ1) is 13.5. The first-order valence-electron chi connectivity index (χ1n) is 5.84.